The lowest BCUT2D eigenvalue weighted by atomic mass is 10.0. The van der Waals surface area contributed by atoms with Crippen LogP contribution in [0.15, 0.2) is 41.3 Å². The van der Waals surface area contributed by atoms with E-state index in [1.165, 1.54) is 100 Å². The van der Waals surface area contributed by atoms with Crippen molar-refractivity contribution in [3.8, 4) is 5.75 Å². The first-order valence-corrected chi connectivity index (χ1v) is 17.0. The maximum Gasteiger partial charge on any atom is 0.267 e. The van der Waals surface area contributed by atoms with Gasteiger partial charge in [0.25, 0.3) is 11.5 Å². The van der Waals surface area contributed by atoms with Gasteiger partial charge >= 0.3 is 0 Å². The van der Waals surface area contributed by atoms with E-state index in [4.69, 9.17) is 5.11 Å². The minimum absolute atomic E-state index is 0.0411. The lowest BCUT2D eigenvalue weighted by Crippen LogP contribution is -2.36. The highest BCUT2D eigenvalue weighted by Gasteiger charge is 2.23. The highest BCUT2D eigenvalue weighted by atomic mass is 19.1. The molecule has 8 nitrogen and oxygen atoms in total. The van der Waals surface area contributed by atoms with E-state index in [2.05, 4.69) is 22.5 Å². The van der Waals surface area contributed by atoms with Crippen LogP contribution >= 0.6 is 0 Å². The molecule has 9 heteroatoms. The third kappa shape index (κ3) is 12.2. The van der Waals surface area contributed by atoms with E-state index >= 15 is 0 Å². The van der Waals surface area contributed by atoms with Crippen LogP contribution in [-0.4, -0.2) is 51.9 Å². The molecule has 248 valence electrons. The number of nitrogens with one attached hydrogen (secondary N) is 2. The molecule has 45 heavy (non-hydrogen) atoms. The van der Waals surface area contributed by atoms with Crippen LogP contribution in [0.2, 0.25) is 0 Å². The maximum absolute atomic E-state index is 13.5. The van der Waals surface area contributed by atoms with Gasteiger partial charge < -0.3 is 25.4 Å². The topological polar surface area (TPSA) is 116 Å². The van der Waals surface area contributed by atoms with Gasteiger partial charge in [-0.1, -0.05) is 103 Å². The molecule has 0 aliphatic heterocycles. The van der Waals surface area contributed by atoms with Gasteiger partial charge in [-0.2, -0.15) is 0 Å². The summed E-state index contributed by atoms with van der Waals surface area (Å²) in [6.07, 6.45) is 20.4. The van der Waals surface area contributed by atoms with Crippen molar-refractivity contribution in [2.24, 2.45) is 0 Å². The van der Waals surface area contributed by atoms with Gasteiger partial charge in [0.15, 0.2) is 5.75 Å². The first-order valence-electron chi connectivity index (χ1n) is 17.0. The Hall–Kier alpha value is -3.30. The molecular weight excluding hydrogens is 571 g/mol. The smallest absolute Gasteiger partial charge is 0.267 e. The minimum atomic E-state index is -0.755. The molecule has 0 aliphatic rings. The molecule has 0 bridgehead atoms. The van der Waals surface area contributed by atoms with Gasteiger partial charge in [0.1, 0.15) is 16.9 Å². The van der Waals surface area contributed by atoms with E-state index in [0.29, 0.717) is 18.5 Å². The number of fused-ring (bicyclic) bond motifs is 1. The van der Waals surface area contributed by atoms with Gasteiger partial charge in [-0.15, -0.1) is 0 Å². The van der Waals surface area contributed by atoms with Crippen molar-refractivity contribution in [2.75, 3.05) is 26.2 Å². The number of aliphatic hydroxyl groups excluding tert-OH is 1. The van der Waals surface area contributed by atoms with Crippen molar-refractivity contribution in [2.45, 2.75) is 110 Å². The standard InChI is InChI=1S/C36H53FN4O4/c1-2-3-4-5-6-7-8-9-10-11-12-13-14-15-20-38-21-23-41-31-26-29(25-28-16-18-30(37)19-17-28)27-40-33(31)34(43)32(36(41)45)35(44)39-22-24-42/h16-19,26-27,38,42-43H,2-15,20-25H2,1H3,(H,39,44). The summed E-state index contributed by atoms with van der Waals surface area (Å²) in [5.41, 5.74) is 1.24. The number of aromatic hydroxyl groups is 1. The highest BCUT2D eigenvalue weighted by Crippen LogP contribution is 2.26. The van der Waals surface area contributed by atoms with Crippen molar-refractivity contribution < 1.29 is 19.4 Å². The lowest BCUT2D eigenvalue weighted by Gasteiger charge is -2.16. The molecule has 3 aromatic rings. The highest BCUT2D eigenvalue weighted by molar-refractivity contribution is 6.01. The molecule has 0 aliphatic carbocycles. The van der Waals surface area contributed by atoms with Gasteiger partial charge in [-0.3, -0.25) is 14.6 Å². The fourth-order valence-corrected chi connectivity index (χ4v) is 5.73. The van der Waals surface area contributed by atoms with Gasteiger partial charge in [0, 0.05) is 25.8 Å². The third-order valence-electron chi connectivity index (χ3n) is 8.30. The average Bonchev–Trinajstić information content (AvgIpc) is 3.04. The fourth-order valence-electron chi connectivity index (χ4n) is 5.73. The summed E-state index contributed by atoms with van der Waals surface area (Å²) in [5.74, 6) is -1.55. The quantitative estimate of drug-likeness (QED) is 0.0881. The number of amides is 1. The number of rotatable bonds is 23. The number of pyridine rings is 2. The minimum Gasteiger partial charge on any atom is -0.505 e. The van der Waals surface area contributed by atoms with E-state index in [-0.39, 0.29) is 36.6 Å². The number of aromatic nitrogens is 2. The molecule has 0 spiro atoms. The van der Waals surface area contributed by atoms with Crippen LogP contribution in [0.1, 0.15) is 118 Å². The SMILES string of the molecule is CCCCCCCCCCCCCCCCNCCn1c(=O)c(C(=O)NCCO)c(O)c2ncc(Cc3ccc(F)cc3)cc21. The molecule has 2 aromatic heterocycles. The normalized spacial score (nSPS) is 11.4. The van der Waals surface area contributed by atoms with Crippen molar-refractivity contribution in [1.29, 1.82) is 0 Å². The van der Waals surface area contributed by atoms with E-state index in [9.17, 15) is 19.1 Å². The zero-order valence-electron chi connectivity index (χ0n) is 27.1. The molecule has 0 radical (unpaired) electrons. The van der Waals surface area contributed by atoms with Gasteiger partial charge in [0.05, 0.1) is 12.1 Å². The summed E-state index contributed by atoms with van der Waals surface area (Å²) in [4.78, 5) is 30.7. The van der Waals surface area contributed by atoms with Crippen molar-refractivity contribution in [3.63, 3.8) is 0 Å². The zero-order valence-corrected chi connectivity index (χ0v) is 27.1. The second kappa shape index (κ2) is 20.7. The van der Waals surface area contributed by atoms with Crippen molar-refractivity contribution >= 4 is 16.9 Å². The van der Waals surface area contributed by atoms with E-state index in [1.54, 1.807) is 24.4 Å². The van der Waals surface area contributed by atoms with Crippen LogP contribution in [0.25, 0.3) is 11.0 Å². The molecule has 0 fully saturated rings. The Morgan fingerprint density at radius 1 is 0.844 bits per heavy atom. The van der Waals surface area contributed by atoms with Gasteiger partial charge in [-0.25, -0.2) is 4.39 Å². The first-order chi connectivity index (χ1) is 22.0. The summed E-state index contributed by atoms with van der Waals surface area (Å²) < 4.78 is 14.8. The Morgan fingerprint density at radius 2 is 1.44 bits per heavy atom. The number of halogens is 1. The Labute approximate surface area is 267 Å². The maximum atomic E-state index is 13.5. The molecule has 4 N–H and O–H groups in total. The predicted octanol–water partition coefficient (Wildman–Crippen LogP) is 6.63. The summed E-state index contributed by atoms with van der Waals surface area (Å²) in [6, 6.07) is 7.97. The van der Waals surface area contributed by atoms with Crippen LogP contribution in [0, 0.1) is 5.82 Å². The van der Waals surface area contributed by atoms with E-state index in [1.807, 2.05) is 0 Å². The van der Waals surface area contributed by atoms with E-state index in [0.717, 1.165) is 24.1 Å². The number of aliphatic hydroxyl groups is 1. The molecule has 1 aromatic carbocycles. The Bertz CT molecular complexity index is 1360. The Morgan fingerprint density at radius 3 is 2.04 bits per heavy atom. The largest absolute Gasteiger partial charge is 0.505 e. The Balaban J connectivity index is 1.51. The number of carbonyl (C=O) groups is 1. The molecule has 0 unspecified atom stereocenters. The van der Waals surface area contributed by atoms with Crippen LogP contribution in [-0.2, 0) is 13.0 Å². The number of nitrogens with zero attached hydrogens (tertiary/aromatic N) is 2. The van der Waals surface area contributed by atoms with Crippen molar-refractivity contribution in [1.82, 2.24) is 20.2 Å². The number of unbranched alkanes of at least 4 members (excludes halogenated alkanes) is 13. The third-order valence-corrected chi connectivity index (χ3v) is 8.30. The summed E-state index contributed by atoms with van der Waals surface area (Å²) >= 11 is 0. The Kier molecular flexibility index (Phi) is 16.6. The number of hydrogen-bond acceptors (Lipinski definition) is 6. The van der Waals surface area contributed by atoms with Crippen LogP contribution in [0.4, 0.5) is 4.39 Å². The molecule has 0 saturated heterocycles. The number of carbonyl (C=O) groups excluding carboxylic acids is 1. The summed E-state index contributed by atoms with van der Waals surface area (Å²) in [6.45, 7) is 3.56. The van der Waals surface area contributed by atoms with Crippen LogP contribution < -0.4 is 16.2 Å². The fraction of sp³-hybridized carbons (Fsp3) is 0.583. The van der Waals surface area contributed by atoms with Gasteiger partial charge in [-0.05, 0) is 48.7 Å². The van der Waals surface area contributed by atoms with Crippen LogP contribution in [0.3, 0.4) is 0 Å². The molecule has 0 atom stereocenters. The molecule has 2 heterocycles. The molecule has 0 saturated carbocycles. The first kappa shape index (κ1) is 36.2. The van der Waals surface area contributed by atoms with Gasteiger partial charge in [0.2, 0.25) is 0 Å². The summed E-state index contributed by atoms with van der Waals surface area (Å²) in [5, 5.41) is 25.9. The molecule has 3 rings (SSSR count). The number of hydrogen-bond donors (Lipinski definition) is 4. The lowest BCUT2D eigenvalue weighted by molar-refractivity contribution is 0.0940. The number of benzene rings is 1. The van der Waals surface area contributed by atoms with E-state index < -0.39 is 17.2 Å². The second-order valence-corrected chi connectivity index (χ2v) is 12.0. The monoisotopic (exact) mass is 624 g/mol. The zero-order chi connectivity index (χ0) is 32.3. The summed E-state index contributed by atoms with van der Waals surface area (Å²) in [7, 11) is 0. The molecular formula is C36H53FN4O4. The predicted molar refractivity (Wildman–Crippen MR) is 179 cm³/mol. The molecule has 1 amide bonds. The van der Waals surface area contributed by atoms with Crippen LogP contribution in [0.5, 0.6) is 5.75 Å². The van der Waals surface area contributed by atoms with Crippen molar-refractivity contribution in [3.05, 3.63) is 69.4 Å². The second-order valence-electron chi connectivity index (χ2n) is 12.0. The average molecular weight is 625 g/mol.